The highest BCUT2D eigenvalue weighted by Crippen LogP contribution is 2.32. The average Bonchev–Trinajstić information content (AvgIpc) is 2.49. The fourth-order valence-electron chi connectivity index (χ4n) is 2.23. The Kier molecular flexibility index (Phi) is 3.28. The van der Waals surface area contributed by atoms with Crippen molar-refractivity contribution >= 4 is 16.7 Å². The SMILES string of the molecule is Cc1cccc(C(=O)O)c1Oc1nccc2ccccc12. The predicted octanol–water partition coefficient (Wildman–Crippen LogP) is 4.03. The van der Waals surface area contributed by atoms with E-state index < -0.39 is 5.97 Å². The molecule has 4 heteroatoms. The number of pyridine rings is 1. The summed E-state index contributed by atoms with van der Waals surface area (Å²) in [5, 5.41) is 11.1. The van der Waals surface area contributed by atoms with Gasteiger partial charge in [-0.2, -0.15) is 0 Å². The third kappa shape index (κ3) is 2.43. The highest BCUT2D eigenvalue weighted by Gasteiger charge is 2.15. The first-order valence-corrected chi connectivity index (χ1v) is 6.51. The van der Waals surface area contributed by atoms with E-state index in [1.807, 2.05) is 43.3 Å². The largest absolute Gasteiger partial charge is 0.478 e. The van der Waals surface area contributed by atoms with Crippen molar-refractivity contribution < 1.29 is 14.6 Å². The molecule has 0 spiro atoms. The Bertz CT molecular complexity index is 822. The van der Waals surface area contributed by atoms with Crippen LogP contribution in [0.3, 0.4) is 0 Å². The van der Waals surface area contributed by atoms with Gasteiger partial charge in [-0.3, -0.25) is 0 Å². The smallest absolute Gasteiger partial charge is 0.339 e. The molecular weight excluding hydrogens is 266 g/mol. The fraction of sp³-hybridized carbons (Fsp3) is 0.0588. The van der Waals surface area contributed by atoms with Gasteiger partial charge in [-0.15, -0.1) is 0 Å². The number of aromatic carboxylic acids is 1. The maximum absolute atomic E-state index is 11.3. The topological polar surface area (TPSA) is 59.4 Å². The quantitative estimate of drug-likeness (QED) is 0.786. The summed E-state index contributed by atoms with van der Waals surface area (Å²) in [5.41, 5.74) is 0.884. The van der Waals surface area contributed by atoms with Gasteiger partial charge >= 0.3 is 5.97 Å². The van der Waals surface area contributed by atoms with E-state index in [0.29, 0.717) is 11.6 Å². The summed E-state index contributed by atoms with van der Waals surface area (Å²) in [6, 6.07) is 14.6. The van der Waals surface area contributed by atoms with Gasteiger partial charge in [0.2, 0.25) is 5.88 Å². The molecule has 0 bridgehead atoms. The van der Waals surface area contributed by atoms with Crippen LogP contribution in [0.5, 0.6) is 11.6 Å². The summed E-state index contributed by atoms with van der Waals surface area (Å²) < 4.78 is 5.82. The van der Waals surface area contributed by atoms with E-state index in [0.717, 1.165) is 16.3 Å². The van der Waals surface area contributed by atoms with Crippen LogP contribution in [-0.2, 0) is 0 Å². The van der Waals surface area contributed by atoms with Crippen molar-refractivity contribution in [3.63, 3.8) is 0 Å². The normalized spacial score (nSPS) is 10.5. The molecule has 21 heavy (non-hydrogen) atoms. The highest BCUT2D eigenvalue weighted by molar-refractivity contribution is 5.92. The van der Waals surface area contributed by atoms with Crippen molar-refractivity contribution in [1.82, 2.24) is 4.98 Å². The van der Waals surface area contributed by atoms with Crippen molar-refractivity contribution in [3.05, 3.63) is 65.9 Å². The van der Waals surface area contributed by atoms with E-state index in [1.54, 1.807) is 12.3 Å². The van der Waals surface area contributed by atoms with Gasteiger partial charge in [-0.25, -0.2) is 9.78 Å². The Hall–Kier alpha value is -2.88. The molecule has 3 aromatic rings. The third-order valence-corrected chi connectivity index (χ3v) is 3.28. The third-order valence-electron chi connectivity index (χ3n) is 3.28. The molecule has 0 fully saturated rings. The molecule has 1 heterocycles. The summed E-state index contributed by atoms with van der Waals surface area (Å²) >= 11 is 0. The molecule has 1 aromatic heterocycles. The first kappa shape index (κ1) is 13.1. The second-order valence-electron chi connectivity index (χ2n) is 4.70. The first-order valence-electron chi connectivity index (χ1n) is 6.51. The van der Waals surface area contributed by atoms with Crippen LogP contribution < -0.4 is 4.74 Å². The van der Waals surface area contributed by atoms with Crippen LogP contribution >= 0.6 is 0 Å². The Balaban J connectivity index is 2.13. The molecule has 3 rings (SSSR count). The van der Waals surface area contributed by atoms with Gasteiger partial charge in [0, 0.05) is 11.6 Å². The van der Waals surface area contributed by atoms with Crippen LogP contribution in [0.4, 0.5) is 0 Å². The molecule has 0 atom stereocenters. The van der Waals surface area contributed by atoms with Gasteiger partial charge in [-0.05, 0) is 36.1 Å². The second-order valence-corrected chi connectivity index (χ2v) is 4.70. The molecule has 0 unspecified atom stereocenters. The maximum atomic E-state index is 11.3. The minimum Gasteiger partial charge on any atom is -0.478 e. The van der Waals surface area contributed by atoms with E-state index in [4.69, 9.17) is 4.74 Å². The lowest BCUT2D eigenvalue weighted by Gasteiger charge is -2.12. The van der Waals surface area contributed by atoms with Crippen LogP contribution in [0, 0.1) is 6.92 Å². The van der Waals surface area contributed by atoms with E-state index in [9.17, 15) is 9.90 Å². The lowest BCUT2D eigenvalue weighted by Crippen LogP contribution is -2.02. The standard InChI is InChI=1S/C17H13NO3/c1-11-5-4-8-14(17(19)20)15(11)21-16-13-7-3-2-6-12(13)9-10-18-16/h2-10H,1H3,(H,19,20). The number of para-hydroxylation sites is 1. The maximum Gasteiger partial charge on any atom is 0.339 e. The number of hydrogen-bond acceptors (Lipinski definition) is 3. The zero-order chi connectivity index (χ0) is 14.8. The minimum atomic E-state index is -1.02. The summed E-state index contributed by atoms with van der Waals surface area (Å²) in [6.45, 7) is 1.81. The minimum absolute atomic E-state index is 0.129. The van der Waals surface area contributed by atoms with E-state index in [1.165, 1.54) is 6.07 Å². The van der Waals surface area contributed by atoms with Crippen LogP contribution in [0.1, 0.15) is 15.9 Å². The van der Waals surface area contributed by atoms with Gasteiger partial charge < -0.3 is 9.84 Å². The number of fused-ring (bicyclic) bond motifs is 1. The Labute approximate surface area is 121 Å². The van der Waals surface area contributed by atoms with Crippen molar-refractivity contribution in [2.24, 2.45) is 0 Å². The van der Waals surface area contributed by atoms with Crippen LogP contribution in [-0.4, -0.2) is 16.1 Å². The number of aryl methyl sites for hydroxylation is 1. The monoisotopic (exact) mass is 279 g/mol. The summed E-state index contributed by atoms with van der Waals surface area (Å²) in [5.74, 6) is -0.285. The lowest BCUT2D eigenvalue weighted by molar-refractivity contribution is 0.0694. The van der Waals surface area contributed by atoms with E-state index >= 15 is 0 Å². The van der Waals surface area contributed by atoms with Crippen molar-refractivity contribution in [2.75, 3.05) is 0 Å². The molecule has 0 amide bonds. The van der Waals surface area contributed by atoms with Gasteiger partial charge in [0.05, 0.1) is 0 Å². The molecule has 0 saturated heterocycles. The zero-order valence-corrected chi connectivity index (χ0v) is 11.4. The Morgan fingerprint density at radius 2 is 1.90 bits per heavy atom. The van der Waals surface area contributed by atoms with E-state index in [-0.39, 0.29) is 5.56 Å². The molecule has 4 nitrogen and oxygen atoms in total. The summed E-state index contributed by atoms with van der Waals surface area (Å²) in [6.07, 6.45) is 1.65. The lowest BCUT2D eigenvalue weighted by atomic mass is 10.1. The zero-order valence-electron chi connectivity index (χ0n) is 11.4. The number of hydrogen-bond donors (Lipinski definition) is 1. The van der Waals surface area contributed by atoms with Crippen LogP contribution in [0.15, 0.2) is 54.7 Å². The molecule has 0 aliphatic carbocycles. The van der Waals surface area contributed by atoms with Gasteiger partial charge in [0.1, 0.15) is 11.3 Å². The number of carboxylic acids is 1. The van der Waals surface area contributed by atoms with Crippen LogP contribution in [0.25, 0.3) is 10.8 Å². The van der Waals surface area contributed by atoms with Crippen molar-refractivity contribution in [3.8, 4) is 11.6 Å². The fourth-order valence-corrected chi connectivity index (χ4v) is 2.23. The molecule has 1 N–H and O–H groups in total. The molecule has 2 aromatic carbocycles. The van der Waals surface area contributed by atoms with Crippen LogP contribution in [0.2, 0.25) is 0 Å². The number of nitrogens with zero attached hydrogens (tertiary/aromatic N) is 1. The number of benzene rings is 2. The van der Waals surface area contributed by atoms with Gasteiger partial charge in [0.15, 0.2) is 0 Å². The predicted molar refractivity (Wildman–Crippen MR) is 80.0 cm³/mol. The summed E-state index contributed by atoms with van der Waals surface area (Å²) in [4.78, 5) is 15.6. The summed E-state index contributed by atoms with van der Waals surface area (Å²) in [7, 11) is 0. The van der Waals surface area contributed by atoms with Gasteiger partial charge in [-0.1, -0.05) is 30.3 Å². The molecule has 0 aliphatic rings. The number of aromatic nitrogens is 1. The number of carboxylic acid groups (broad SMARTS) is 1. The number of carbonyl (C=O) groups is 1. The first-order chi connectivity index (χ1) is 10.2. The highest BCUT2D eigenvalue weighted by atomic mass is 16.5. The molecule has 0 saturated carbocycles. The average molecular weight is 279 g/mol. The molecule has 104 valence electrons. The Morgan fingerprint density at radius 3 is 2.71 bits per heavy atom. The van der Waals surface area contributed by atoms with Gasteiger partial charge in [0.25, 0.3) is 0 Å². The number of ether oxygens (including phenoxy) is 1. The number of rotatable bonds is 3. The Morgan fingerprint density at radius 1 is 1.10 bits per heavy atom. The van der Waals surface area contributed by atoms with Crippen molar-refractivity contribution in [1.29, 1.82) is 0 Å². The molecular formula is C17H13NO3. The molecule has 0 aliphatic heterocycles. The second kappa shape index (κ2) is 5.25. The molecule has 0 radical (unpaired) electrons. The van der Waals surface area contributed by atoms with Crippen molar-refractivity contribution in [2.45, 2.75) is 6.92 Å². The van der Waals surface area contributed by atoms with E-state index in [2.05, 4.69) is 4.98 Å².